The molecular weight excluding hydrogens is 212 g/mol. The predicted molar refractivity (Wildman–Crippen MR) is 69.7 cm³/mol. The molecule has 4 nitrogen and oxygen atoms in total. The lowest BCUT2D eigenvalue weighted by Crippen LogP contribution is -2.48. The minimum absolute atomic E-state index is 0.237. The second-order valence-electron chi connectivity index (χ2n) is 5.21. The zero-order valence-corrected chi connectivity index (χ0v) is 11.1. The number of hydrogen-bond acceptors (Lipinski definition) is 3. The molecule has 0 aliphatic carbocycles. The number of aryl methyl sites for hydroxylation is 1. The van der Waals surface area contributed by atoms with E-state index in [1.54, 1.807) is 0 Å². The van der Waals surface area contributed by atoms with Crippen molar-refractivity contribution in [2.45, 2.75) is 58.3 Å². The Morgan fingerprint density at radius 1 is 1.53 bits per heavy atom. The van der Waals surface area contributed by atoms with Crippen LogP contribution in [0.4, 0.5) is 0 Å². The van der Waals surface area contributed by atoms with Gasteiger partial charge < -0.3 is 5.73 Å². The summed E-state index contributed by atoms with van der Waals surface area (Å²) in [6.07, 6.45) is 6.45. The average molecular weight is 236 g/mol. The molecule has 17 heavy (non-hydrogen) atoms. The molecule has 1 aliphatic rings. The first-order chi connectivity index (χ1) is 8.13. The third kappa shape index (κ3) is 2.53. The lowest BCUT2D eigenvalue weighted by molar-refractivity contribution is 0.0946. The largest absolute Gasteiger partial charge is 0.326 e. The highest BCUT2D eigenvalue weighted by atomic mass is 15.3. The first kappa shape index (κ1) is 12.6. The van der Waals surface area contributed by atoms with Crippen LogP contribution in [-0.4, -0.2) is 33.3 Å². The molecule has 1 fully saturated rings. The number of piperidine rings is 1. The van der Waals surface area contributed by atoms with Gasteiger partial charge in [0.2, 0.25) is 0 Å². The van der Waals surface area contributed by atoms with Crippen LogP contribution in [0.1, 0.15) is 45.2 Å². The summed E-state index contributed by atoms with van der Waals surface area (Å²) in [6, 6.07) is 1.11. The van der Waals surface area contributed by atoms with Crippen LogP contribution in [-0.2, 0) is 6.54 Å². The van der Waals surface area contributed by atoms with Crippen LogP contribution >= 0.6 is 0 Å². The highest BCUT2D eigenvalue weighted by Gasteiger charge is 2.32. The molecule has 0 aromatic carbocycles. The first-order valence-corrected chi connectivity index (χ1v) is 6.67. The van der Waals surface area contributed by atoms with Crippen molar-refractivity contribution in [2.75, 3.05) is 6.54 Å². The summed E-state index contributed by atoms with van der Waals surface area (Å²) in [6.45, 7) is 8.67. The summed E-state index contributed by atoms with van der Waals surface area (Å²) in [4.78, 5) is 2.51. The lowest BCUT2D eigenvalue weighted by Gasteiger charge is -2.41. The van der Waals surface area contributed by atoms with Crippen molar-refractivity contribution < 1.29 is 0 Å². The van der Waals surface area contributed by atoms with Crippen LogP contribution in [0.2, 0.25) is 0 Å². The predicted octanol–water partition coefficient (Wildman–Crippen LogP) is 1.78. The van der Waals surface area contributed by atoms with Crippen molar-refractivity contribution in [2.24, 2.45) is 5.73 Å². The minimum atomic E-state index is 0.237. The van der Waals surface area contributed by atoms with E-state index >= 15 is 0 Å². The third-order valence-electron chi connectivity index (χ3n) is 3.70. The van der Waals surface area contributed by atoms with Gasteiger partial charge in [-0.15, -0.1) is 0 Å². The van der Waals surface area contributed by atoms with Gasteiger partial charge in [0.05, 0.1) is 12.2 Å². The SMILES string of the molecule is CCn1cc(C2C(N)CCCN2C(C)C)cn1. The van der Waals surface area contributed by atoms with Crippen molar-refractivity contribution in [3.8, 4) is 0 Å². The number of nitrogens with two attached hydrogens (primary N) is 1. The van der Waals surface area contributed by atoms with Gasteiger partial charge in [0.1, 0.15) is 0 Å². The summed E-state index contributed by atoms with van der Waals surface area (Å²) < 4.78 is 1.98. The molecule has 2 atom stereocenters. The fourth-order valence-electron chi connectivity index (χ4n) is 2.78. The van der Waals surface area contributed by atoms with Crippen LogP contribution in [0.5, 0.6) is 0 Å². The molecule has 0 spiro atoms. The van der Waals surface area contributed by atoms with E-state index in [-0.39, 0.29) is 6.04 Å². The topological polar surface area (TPSA) is 47.1 Å². The molecule has 0 bridgehead atoms. The van der Waals surface area contributed by atoms with Gasteiger partial charge in [-0.25, -0.2) is 0 Å². The molecule has 0 saturated carbocycles. The van der Waals surface area contributed by atoms with E-state index in [2.05, 4.69) is 37.0 Å². The quantitative estimate of drug-likeness (QED) is 0.870. The van der Waals surface area contributed by atoms with Crippen molar-refractivity contribution in [1.82, 2.24) is 14.7 Å². The van der Waals surface area contributed by atoms with E-state index in [0.717, 1.165) is 19.5 Å². The van der Waals surface area contributed by atoms with Crippen LogP contribution in [0.25, 0.3) is 0 Å². The van der Waals surface area contributed by atoms with Gasteiger partial charge in [-0.3, -0.25) is 9.58 Å². The molecule has 1 aromatic heterocycles. The molecule has 2 N–H and O–H groups in total. The molecule has 2 rings (SSSR count). The Labute approximate surface area is 104 Å². The molecule has 1 aliphatic heterocycles. The normalized spacial score (nSPS) is 26.6. The molecule has 2 unspecified atom stereocenters. The van der Waals surface area contributed by atoms with Crippen LogP contribution < -0.4 is 5.73 Å². The fourth-order valence-corrected chi connectivity index (χ4v) is 2.78. The summed E-state index contributed by atoms with van der Waals surface area (Å²) in [5.41, 5.74) is 7.58. The fraction of sp³-hybridized carbons (Fsp3) is 0.769. The van der Waals surface area contributed by atoms with E-state index in [0.29, 0.717) is 12.1 Å². The van der Waals surface area contributed by atoms with Gasteiger partial charge in [-0.1, -0.05) is 0 Å². The summed E-state index contributed by atoms with van der Waals surface area (Å²) in [5, 5.41) is 4.37. The molecular formula is C13H24N4. The standard InChI is InChI=1S/C13H24N4/c1-4-16-9-11(8-15-16)13-12(14)6-5-7-17(13)10(2)3/h8-10,12-13H,4-7,14H2,1-3H3. The van der Waals surface area contributed by atoms with E-state index in [1.165, 1.54) is 12.0 Å². The highest BCUT2D eigenvalue weighted by Crippen LogP contribution is 2.31. The molecule has 1 aromatic rings. The third-order valence-corrected chi connectivity index (χ3v) is 3.70. The number of nitrogens with zero attached hydrogens (tertiary/aromatic N) is 3. The number of hydrogen-bond donors (Lipinski definition) is 1. The Morgan fingerprint density at radius 2 is 2.29 bits per heavy atom. The maximum absolute atomic E-state index is 6.31. The van der Waals surface area contributed by atoms with Gasteiger partial charge in [-0.2, -0.15) is 5.10 Å². The zero-order valence-electron chi connectivity index (χ0n) is 11.1. The lowest BCUT2D eigenvalue weighted by atomic mass is 9.91. The summed E-state index contributed by atoms with van der Waals surface area (Å²) >= 11 is 0. The Hall–Kier alpha value is -0.870. The molecule has 2 heterocycles. The van der Waals surface area contributed by atoms with Crippen LogP contribution in [0, 0.1) is 0 Å². The van der Waals surface area contributed by atoms with Crippen molar-refractivity contribution >= 4 is 0 Å². The molecule has 0 radical (unpaired) electrons. The number of likely N-dealkylation sites (tertiary alicyclic amines) is 1. The molecule has 96 valence electrons. The molecule has 4 heteroatoms. The summed E-state index contributed by atoms with van der Waals surface area (Å²) in [5.74, 6) is 0. The summed E-state index contributed by atoms with van der Waals surface area (Å²) in [7, 11) is 0. The Balaban J connectivity index is 2.24. The minimum Gasteiger partial charge on any atom is -0.326 e. The number of rotatable bonds is 3. The van der Waals surface area contributed by atoms with E-state index in [1.807, 2.05) is 10.9 Å². The number of aromatic nitrogens is 2. The average Bonchev–Trinajstić information content (AvgIpc) is 2.76. The van der Waals surface area contributed by atoms with Gasteiger partial charge in [-0.05, 0) is 40.2 Å². The highest BCUT2D eigenvalue weighted by molar-refractivity contribution is 5.15. The van der Waals surface area contributed by atoms with Crippen molar-refractivity contribution in [1.29, 1.82) is 0 Å². The van der Waals surface area contributed by atoms with Gasteiger partial charge >= 0.3 is 0 Å². The van der Waals surface area contributed by atoms with Gasteiger partial charge in [0.25, 0.3) is 0 Å². The maximum atomic E-state index is 6.31. The smallest absolute Gasteiger partial charge is 0.0538 e. The van der Waals surface area contributed by atoms with E-state index in [9.17, 15) is 0 Å². The van der Waals surface area contributed by atoms with Crippen molar-refractivity contribution in [3.05, 3.63) is 18.0 Å². The molecule has 0 amide bonds. The molecule has 1 saturated heterocycles. The first-order valence-electron chi connectivity index (χ1n) is 6.67. The van der Waals surface area contributed by atoms with E-state index in [4.69, 9.17) is 5.73 Å². The Kier molecular flexibility index (Phi) is 3.84. The second kappa shape index (κ2) is 5.19. The monoisotopic (exact) mass is 236 g/mol. The van der Waals surface area contributed by atoms with E-state index < -0.39 is 0 Å². The van der Waals surface area contributed by atoms with Crippen LogP contribution in [0.3, 0.4) is 0 Å². The van der Waals surface area contributed by atoms with Gasteiger partial charge in [0, 0.05) is 30.4 Å². The zero-order chi connectivity index (χ0) is 12.4. The van der Waals surface area contributed by atoms with Gasteiger partial charge in [0.15, 0.2) is 0 Å². The maximum Gasteiger partial charge on any atom is 0.0538 e. The second-order valence-corrected chi connectivity index (χ2v) is 5.21. The van der Waals surface area contributed by atoms with Crippen molar-refractivity contribution in [3.63, 3.8) is 0 Å². The Bertz CT molecular complexity index is 358. The van der Waals surface area contributed by atoms with Crippen LogP contribution in [0.15, 0.2) is 12.4 Å². The Morgan fingerprint density at radius 3 is 2.88 bits per heavy atom.